The first-order chi connectivity index (χ1) is 12.8. The monoisotopic (exact) mass is 386 g/mol. The maximum atomic E-state index is 12.2. The van der Waals surface area contributed by atoms with Gasteiger partial charge in [0, 0.05) is 23.5 Å². The van der Waals surface area contributed by atoms with Gasteiger partial charge in [0.2, 0.25) is 15.9 Å². The average Bonchev–Trinajstić information content (AvgIpc) is 2.59. The van der Waals surface area contributed by atoms with Gasteiger partial charge in [-0.3, -0.25) is 14.3 Å². The van der Waals surface area contributed by atoms with Gasteiger partial charge in [-0.2, -0.15) is 5.26 Å². The molecule has 0 aromatic heterocycles. The number of rotatable bonds is 7. The Labute approximate surface area is 157 Å². The molecule has 8 nitrogen and oxygen atoms in total. The van der Waals surface area contributed by atoms with Crippen molar-refractivity contribution in [2.45, 2.75) is 13.0 Å². The standard InChI is InChI=1S/C18H18N4O4S/c1-27(25,26)22-15-7-5-14(6-8-15)18(24)20-12-13-3-2-4-16(11-13)21-17(23)9-10-19/h2-8,11,22H,9,12H2,1H3,(H,20,24)(H,21,23). The Morgan fingerprint density at radius 2 is 1.78 bits per heavy atom. The van der Waals surface area contributed by atoms with Gasteiger partial charge in [-0.25, -0.2) is 8.42 Å². The van der Waals surface area contributed by atoms with E-state index in [0.29, 0.717) is 16.9 Å². The normalized spacial score (nSPS) is 10.5. The number of amides is 2. The third-order valence-electron chi connectivity index (χ3n) is 3.35. The molecule has 2 aromatic rings. The van der Waals surface area contributed by atoms with Crippen molar-refractivity contribution in [1.82, 2.24) is 5.32 Å². The van der Waals surface area contributed by atoms with Gasteiger partial charge in [0.1, 0.15) is 6.42 Å². The van der Waals surface area contributed by atoms with Gasteiger partial charge >= 0.3 is 0 Å². The molecule has 3 N–H and O–H groups in total. The predicted molar refractivity (Wildman–Crippen MR) is 101 cm³/mol. The number of hydrogen-bond donors (Lipinski definition) is 3. The molecule has 2 aromatic carbocycles. The van der Waals surface area contributed by atoms with Gasteiger partial charge in [0.05, 0.1) is 12.3 Å². The molecule has 2 amide bonds. The minimum absolute atomic E-state index is 0.231. The molecule has 0 atom stereocenters. The summed E-state index contributed by atoms with van der Waals surface area (Å²) in [5, 5.41) is 13.8. The quantitative estimate of drug-likeness (QED) is 0.669. The van der Waals surface area contributed by atoms with Crippen LogP contribution in [-0.4, -0.2) is 26.5 Å². The topological polar surface area (TPSA) is 128 Å². The van der Waals surface area contributed by atoms with Gasteiger partial charge in [0.25, 0.3) is 5.91 Å². The van der Waals surface area contributed by atoms with Crippen LogP contribution < -0.4 is 15.4 Å². The van der Waals surface area contributed by atoms with Crippen LogP contribution in [0.5, 0.6) is 0 Å². The highest BCUT2D eigenvalue weighted by atomic mass is 32.2. The molecule has 0 aliphatic carbocycles. The largest absolute Gasteiger partial charge is 0.348 e. The lowest BCUT2D eigenvalue weighted by molar-refractivity contribution is -0.115. The van der Waals surface area contributed by atoms with E-state index in [1.54, 1.807) is 30.3 Å². The summed E-state index contributed by atoms with van der Waals surface area (Å²) in [5.41, 5.74) is 2.06. The van der Waals surface area contributed by atoms with E-state index in [1.807, 2.05) is 0 Å². The van der Waals surface area contributed by atoms with Crippen LogP contribution in [0.2, 0.25) is 0 Å². The van der Waals surface area contributed by atoms with Gasteiger partial charge in [-0.1, -0.05) is 12.1 Å². The van der Waals surface area contributed by atoms with Crippen LogP contribution in [0.3, 0.4) is 0 Å². The number of benzene rings is 2. The molecule has 0 saturated heterocycles. The van der Waals surface area contributed by atoms with Crippen molar-refractivity contribution in [2.75, 3.05) is 16.3 Å². The van der Waals surface area contributed by atoms with Crippen molar-refractivity contribution in [3.8, 4) is 6.07 Å². The molecule has 0 aliphatic heterocycles. The summed E-state index contributed by atoms with van der Waals surface area (Å²) in [6, 6.07) is 14.7. The smallest absolute Gasteiger partial charge is 0.251 e. The van der Waals surface area contributed by atoms with Gasteiger partial charge in [-0.15, -0.1) is 0 Å². The van der Waals surface area contributed by atoms with E-state index < -0.39 is 15.9 Å². The Morgan fingerprint density at radius 3 is 2.41 bits per heavy atom. The molecule has 0 saturated carbocycles. The van der Waals surface area contributed by atoms with Crippen molar-refractivity contribution >= 4 is 33.2 Å². The van der Waals surface area contributed by atoms with Crippen LogP contribution in [0, 0.1) is 11.3 Å². The third-order valence-corrected chi connectivity index (χ3v) is 3.96. The van der Waals surface area contributed by atoms with Crippen LogP contribution in [0.25, 0.3) is 0 Å². The second-order valence-electron chi connectivity index (χ2n) is 5.72. The number of carbonyl (C=O) groups is 2. The highest BCUT2D eigenvalue weighted by molar-refractivity contribution is 7.92. The van der Waals surface area contributed by atoms with Crippen molar-refractivity contribution in [3.63, 3.8) is 0 Å². The molecule has 9 heteroatoms. The molecule has 27 heavy (non-hydrogen) atoms. The Kier molecular flexibility index (Phi) is 6.51. The number of anilines is 2. The first kappa shape index (κ1) is 19.9. The molecular formula is C18H18N4O4S. The van der Waals surface area contributed by atoms with Crippen LogP contribution in [0.15, 0.2) is 48.5 Å². The molecule has 0 unspecified atom stereocenters. The Balaban J connectivity index is 1.95. The number of carbonyl (C=O) groups excluding carboxylic acids is 2. The predicted octanol–water partition coefficient (Wildman–Crippen LogP) is 1.84. The van der Waals surface area contributed by atoms with Gasteiger partial charge in [-0.05, 0) is 42.0 Å². The molecule has 0 aliphatic rings. The summed E-state index contributed by atoms with van der Waals surface area (Å²) >= 11 is 0. The van der Waals surface area contributed by atoms with E-state index in [1.165, 1.54) is 24.3 Å². The lowest BCUT2D eigenvalue weighted by atomic mass is 10.1. The van der Waals surface area contributed by atoms with Crippen molar-refractivity contribution in [3.05, 3.63) is 59.7 Å². The fourth-order valence-electron chi connectivity index (χ4n) is 2.22. The zero-order valence-electron chi connectivity index (χ0n) is 14.5. The van der Waals surface area contributed by atoms with Crippen LogP contribution in [-0.2, 0) is 21.4 Å². The summed E-state index contributed by atoms with van der Waals surface area (Å²) in [7, 11) is -3.37. The summed E-state index contributed by atoms with van der Waals surface area (Å²) in [6.45, 7) is 0.240. The van der Waals surface area contributed by atoms with Crippen molar-refractivity contribution in [1.29, 1.82) is 5.26 Å². The third kappa shape index (κ3) is 6.80. The first-order valence-electron chi connectivity index (χ1n) is 7.88. The Hall–Kier alpha value is -3.38. The van der Waals surface area contributed by atoms with Crippen molar-refractivity contribution in [2.24, 2.45) is 0 Å². The van der Waals surface area contributed by atoms with E-state index >= 15 is 0 Å². The summed E-state index contributed by atoms with van der Waals surface area (Å²) in [6.07, 6.45) is 0.815. The maximum Gasteiger partial charge on any atom is 0.251 e. The zero-order chi connectivity index (χ0) is 19.9. The fraction of sp³-hybridized carbons (Fsp3) is 0.167. The molecule has 140 valence electrons. The number of nitrogens with one attached hydrogen (secondary N) is 3. The first-order valence-corrected chi connectivity index (χ1v) is 9.78. The molecule has 0 fully saturated rings. The molecule has 0 heterocycles. The number of hydrogen-bond acceptors (Lipinski definition) is 5. The molecule has 0 spiro atoms. The molecular weight excluding hydrogens is 368 g/mol. The number of nitriles is 1. The molecule has 2 rings (SSSR count). The minimum Gasteiger partial charge on any atom is -0.348 e. The summed E-state index contributed by atoms with van der Waals surface area (Å²) < 4.78 is 24.7. The van der Waals surface area contributed by atoms with Crippen molar-refractivity contribution < 1.29 is 18.0 Å². The summed E-state index contributed by atoms with van der Waals surface area (Å²) in [5.74, 6) is -0.721. The Bertz CT molecular complexity index is 979. The average molecular weight is 386 g/mol. The summed E-state index contributed by atoms with van der Waals surface area (Å²) in [4.78, 5) is 23.6. The lowest BCUT2D eigenvalue weighted by Gasteiger charge is -2.09. The second-order valence-corrected chi connectivity index (χ2v) is 7.47. The van der Waals surface area contributed by atoms with E-state index in [2.05, 4.69) is 15.4 Å². The van der Waals surface area contributed by atoms with Gasteiger partial charge in [0.15, 0.2) is 0 Å². The lowest BCUT2D eigenvalue weighted by Crippen LogP contribution is -2.23. The molecule has 0 bridgehead atoms. The SMILES string of the molecule is CS(=O)(=O)Nc1ccc(C(=O)NCc2cccc(NC(=O)CC#N)c2)cc1. The number of sulfonamides is 1. The fourth-order valence-corrected chi connectivity index (χ4v) is 2.79. The van der Waals surface area contributed by atoms with Gasteiger partial charge < -0.3 is 10.6 Å². The minimum atomic E-state index is -3.37. The van der Waals surface area contributed by atoms with E-state index in [0.717, 1.165) is 11.8 Å². The zero-order valence-corrected chi connectivity index (χ0v) is 15.3. The highest BCUT2D eigenvalue weighted by Crippen LogP contribution is 2.13. The van der Waals surface area contributed by atoms with Crippen LogP contribution in [0.4, 0.5) is 11.4 Å². The second kappa shape index (κ2) is 8.82. The van der Waals surface area contributed by atoms with E-state index in [4.69, 9.17) is 5.26 Å². The number of nitrogens with zero attached hydrogens (tertiary/aromatic N) is 1. The maximum absolute atomic E-state index is 12.2. The van der Waals surface area contributed by atoms with E-state index in [-0.39, 0.29) is 18.9 Å². The molecule has 0 radical (unpaired) electrons. The van der Waals surface area contributed by atoms with E-state index in [9.17, 15) is 18.0 Å². The Morgan fingerprint density at radius 1 is 1.07 bits per heavy atom. The highest BCUT2D eigenvalue weighted by Gasteiger charge is 2.08. The van der Waals surface area contributed by atoms with Crippen LogP contribution >= 0.6 is 0 Å². The van der Waals surface area contributed by atoms with Crippen LogP contribution in [0.1, 0.15) is 22.3 Å².